The highest BCUT2D eigenvalue weighted by atomic mass is 16.5. The Balaban J connectivity index is 1.48. The number of aryl methyl sites for hydroxylation is 1. The number of carbonyl (C=O) groups excluding carboxylic acids is 2. The van der Waals surface area contributed by atoms with E-state index in [1.54, 1.807) is 6.07 Å². The van der Waals surface area contributed by atoms with E-state index in [1.807, 2.05) is 43.3 Å². The molecule has 0 bridgehead atoms. The average Bonchev–Trinajstić information content (AvgIpc) is 3.47. The van der Waals surface area contributed by atoms with Crippen LogP contribution in [0.3, 0.4) is 0 Å². The molecule has 2 fully saturated rings. The monoisotopic (exact) mass is 422 g/mol. The highest BCUT2D eigenvalue weighted by Crippen LogP contribution is 2.32. The minimum Gasteiger partial charge on any atom is -0.376 e. The summed E-state index contributed by atoms with van der Waals surface area (Å²) < 4.78 is 5.57. The van der Waals surface area contributed by atoms with Crippen LogP contribution in [0.2, 0.25) is 0 Å². The first kappa shape index (κ1) is 21.2. The fourth-order valence-corrected chi connectivity index (χ4v) is 4.12. The summed E-state index contributed by atoms with van der Waals surface area (Å²) in [6.07, 6.45) is 4.37. The van der Waals surface area contributed by atoms with Crippen molar-refractivity contribution in [3.05, 3.63) is 53.6 Å². The summed E-state index contributed by atoms with van der Waals surface area (Å²) in [4.78, 5) is 27.5. The van der Waals surface area contributed by atoms with Gasteiger partial charge in [0, 0.05) is 37.5 Å². The van der Waals surface area contributed by atoms with Crippen LogP contribution in [0, 0.1) is 6.92 Å². The van der Waals surface area contributed by atoms with Crippen LogP contribution in [-0.4, -0.2) is 44.3 Å². The smallest absolute Gasteiger partial charge is 0.319 e. The van der Waals surface area contributed by atoms with Crippen molar-refractivity contribution in [3.63, 3.8) is 0 Å². The Morgan fingerprint density at radius 1 is 1.06 bits per heavy atom. The third-order valence-electron chi connectivity index (χ3n) is 5.74. The minimum atomic E-state index is -0.266. The Morgan fingerprint density at radius 3 is 2.65 bits per heavy atom. The lowest BCUT2D eigenvalue weighted by Gasteiger charge is -2.23. The third-order valence-corrected chi connectivity index (χ3v) is 5.74. The van der Waals surface area contributed by atoms with E-state index in [9.17, 15) is 9.59 Å². The molecule has 3 N–H and O–H groups in total. The Kier molecular flexibility index (Phi) is 6.72. The summed E-state index contributed by atoms with van der Waals surface area (Å²) in [5.41, 5.74) is 3.94. The van der Waals surface area contributed by atoms with Crippen molar-refractivity contribution in [1.82, 2.24) is 5.32 Å². The molecule has 2 aromatic carbocycles. The second-order valence-electron chi connectivity index (χ2n) is 8.22. The van der Waals surface area contributed by atoms with Gasteiger partial charge in [-0.15, -0.1) is 0 Å². The SMILES string of the molecule is Cc1cccc(C(=O)Nc2ccc(N3CCCC3)c(NC(=O)NC[C@H]3CCCO3)c2)c1. The fraction of sp³-hybridized carbons (Fsp3) is 0.417. The number of hydrogen-bond acceptors (Lipinski definition) is 4. The van der Waals surface area contributed by atoms with Crippen molar-refractivity contribution in [2.24, 2.45) is 0 Å². The third kappa shape index (κ3) is 5.55. The predicted molar refractivity (Wildman–Crippen MR) is 123 cm³/mol. The predicted octanol–water partition coefficient (Wildman–Crippen LogP) is 4.15. The van der Waals surface area contributed by atoms with Gasteiger partial charge in [-0.1, -0.05) is 17.7 Å². The molecule has 7 nitrogen and oxygen atoms in total. The molecule has 2 heterocycles. The van der Waals surface area contributed by atoms with E-state index in [-0.39, 0.29) is 18.0 Å². The lowest BCUT2D eigenvalue weighted by Crippen LogP contribution is -2.35. The van der Waals surface area contributed by atoms with Gasteiger partial charge in [0.15, 0.2) is 0 Å². The molecule has 0 radical (unpaired) electrons. The van der Waals surface area contributed by atoms with Gasteiger partial charge >= 0.3 is 6.03 Å². The second-order valence-corrected chi connectivity index (χ2v) is 8.22. The number of rotatable bonds is 6. The molecule has 2 saturated heterocycles. The zero-order chi connectivity index (χ0) is 21.6. The molecule has 164 valence electrons. The zero-order valence-electron chi connectivity index (χ0n) is 17.9. The van der Waals surface area contributed by atoms with Gasteiger partial charge in [0.05, 0.1) is 17.5 Å². The first-order valence-electron chi connectivity index (χ1n) is 11.0. The summed E-state index contributed by atoms with van der Waals surface area (Å²) in [5.74, 6) is -0.175. The molecule has 0 unspecified atom stereocenters. The van der Waals surface area contributed by atoms with E-state index in [2.05, 4.69) is 20.9 Å². The van der Waals surface area contributed by atoms with E-state index in [0.29, 0.717) is 23.5 Å². The molecule has 0 aromatic heterocycles. The number of carbonyl (C=O) groups is 2. The molecule has 0 saturated carbocycles. The standard InChI is InChI=1S/C24H30N4O3/c1-17-6-4-7-18(14-17)23(29)26-19-9-10-22(28-11-2-3-12-28)21(15-19)27-24(30)25-16-20-8-5-13-31-20/h4,6-7,9-10,14-15,20H,2-3,5,8,11-13,16H2,1H3,(H,26,29)(H2,25,27,30)/t20-/m1/s1. The van der Waals surface area contributed by atoms with Gasteiger partial charge in [0.25, 0.3) is 5.91 Å². The number of hydrogen-bond donors (Lipinski definition) is 3. The van der Waals surface area contributed by atoms with Crippen LogP contribution in [0.5, 0.6) is 0 Å². The Bertz CT molecular complexity index is 934. The zero-order valence-corrected chi connectivity index (χ0v) is 17.9. The first-order chi connectivity index (χ1) is 15.1. The van der Waals surface area contributed by atoms with Crippen LogP contribution >= 0.6 is 0 Å². The second kappa shape index (κ2) is 9.83. The van der Waals surface area contributed by atoms with Gasteiger partial charge in [0.2, 0.25) is 0 Å². The molecule has 1 atom stereocenters. The van der Waals surface area contributed by atoms with E-state index in [0.717, 1.165) is 56.6 Å². The van der Waals surface area contributed by atoms with Gasteiger partial charge in [-0.2, -0.15) is 0 Å². The van der Waals surface area contributed by atoms with Crippen molar-refractivity contribution in [2.45, 2.75) is 38.7 Å². The molecule has 2 aromatic rings. The van der Waals surface area contributed by atoms with Gasteiger partial charge < -0.3 is 25.6 Å². The van der Waals surface area contributed by atoms with E-state index >= 15 is 0 Å². The minimum absolute atomic E-state index is 0.0868. The maximum Gasteiger partial charge on any atom is 0.319 e. The van der Waals surface area contributed by atoms with Crippen LogP contribution in [0.1, 0.15) is 41.6 Å². The van der Waals surface area contributed by atoms with Crippen molar-refractivity contribution in [1.29, 1.82) is 0 Å². The van der Waals surface area contributed by atoms with Crippen LogP contribution in [0.25, 0.3) is 0 Å². The molecular weight excluding hydrogens is 392 g/mol. The Morgan fingerprint density at radius 2 is 1.90 bits per heavy atom. The van der Waals surface area contributed by atoms with Crippen LogP contribution in [0.15, 0.2) is 42.5 Å². The molecule has 2 aliphatic heterocycles. The maximum atomic E-state index is 12.7. The normalized spacial score (nSPS) is 18.1. The summed E-state index contributed by atoms with van der Waals surface area (Å²) in [6.45, 7) is 5.13. The maximum absolute atomic E-state index is 12.7. The molecule has 0 aliphatic carbocycles. The highest BCUT2D eigenvalue weighted by molar-refractivity contribution is 6.05. The molecule has 2 aliphatic rings. The number of benzene rings is 2. The molecule has 4 rings (SSSR count). The van der Waals surface area contributed by atoms with Gasteiger partial charge in [-0.3, -0.25) is 4.79 Å². The van der Waals surface area contributed by atoms with E-state index in [4.69, 9.17) is 4.74 Å². The van der Waals surface area contributed by atoms with Crippen LogP contribution in [0.4, 0.5) is 21.9 Å². The number of amides is 3. The summed E-state index contributed by atoms with van der Waals surface area (Å²) >= 11 is 0. The number of anilines is 3. The van der Waals surface area contributed by atoms with Crippen molar-refractivity contribution in [3.8, 4) is 0 Å². The van der Waals surface area contributed by atoms with Gasteiger partial charge in [-0.05, 0) is 62.9 Å². The van der Waals surface area contributed by atoms with E-state index < -0.39 is 0 Å². The van der Waals surface area contributed by atoms with Gasteiger partial charge in [-0.25, -0.2) is 4.79 Å². The van der Waals surface area contributed by atoms with Gasteiger partial charge in [0.1, 0.15) is 0 Å². The fourth-order valence-electron chi connectivity index (χ4n) is 4.12. The van der Waals surface area contributed by atoms with Crippen molar-refractivity contribution in [2.75, 3.05) is 41.8 Å². The summed E-state index contributed by atoms with van der Waals surface area (Å²) in [5, 5.41) is 8.82. The van der Waals surface area contributed by atoms with E-state index in [1.165, 1.54) is 0 Å². The highest BCUT2D eigenvalue weighted by Gasteiger charge is 2.20. The van der Waals surface area contributed by atoms with Crippen LogP contribution < -0.4 is 20.9 Å². The molecule has 7 heteroatoms. The van der Waals surface area contributed by atoms with Crippen molar-refractivity contribution >= 4 is 29.0 Å². The molecular formula is C24H30N4O3. The quantitative estimate of drug-likeness (QED) is 0.653. The Labute approximate surface area is 183 Å². The lowest BCUT2D eigenvalue weighted by atomic mass is 10.1. The summed E-state index contributed by atoms with van der Waals surface area (Å²) in [7, 11) is 0. The number of nitrogens with one attached hydrogen (secondary N) is 3. The molecule has 0 spiro atoms. The summed E-state index contributed by atoms with van der Waals surface area (Å²) in [6, 6.07) is 12.9. The lowest BCUT2D eigenvalue weighted by molar-refractivity contribution is 0.102. The number of ether oxygens (including phenoxy) is 1. The molecule has 31 heavy (non-hydrogen) atoms. The Hall–Kier alpha value is -3.06. The van der Waals surface area contributed by atoms with Crippen molar-refractivity contribution < 1.29 is 14.3 Å². The van der Waals surface area contributed by atoms with Crippen LogP contribution in [-0.2, 0) is 4.74 Å². The first-order valence-corrected chi connectivity index (χ1v) is 11.0. The average molecular weight is 423 g/mol. The topological polar surface area (TPSA) is 82.7 Å². The number of urea groups is 1. The number of nitrogens with zero attached hydrogens (tertiary/aromatic N) is 1. The largest absolute Gasteiger partial charge is 0.376 e. The molecule has 3 amide bonds.